The van der Waals surface area contributed by atoms with Gasteiger partial charge in [0.05, 0.1) is 6.61 Å². The lowest BCUT2D eigenvalue weighted by molar-refractivity contribution is -0.0548. The number of hydrogen-bond acceptors (Lipinski definition) is 9. The summed E-state index contributed by atoms with van der Waals surface area (Å²) in [5, 5.41) is 30.1. The summed E-state index contributed by atoms with van der Waals surface area (Å²) in [6.45, 7) is 1.65. The van der Waals surface area contributed by atoms with Crippen LogP contribution in [0.4, 0.5) is 5.82 Å². The quantitative estimate of drug-likeness (QED) is 0.531. The number of hydrogen-bond donors (Lipinski definition) is 4. The van der Waals surface area contributed by atoms with Crippen LogP contribution >= 0.6 is 11.8 Å². The zero-order valence-corrected chi connectivity index (χ0v) is 13.3. The van der Waals surface area contributed by atoms with Gasteiger partial charge in [-0.25, -0.2) is 15.0 Å². The molecule has 3 heterocycles. The highest BCUT2D eigenvalue weighted by molar-refractivity contribution is 7.99. The summed E-state index contributed by atoms with van der Waals surface area (Å²) in [4.78, 5) is 12.6. The maximum absolute atomic E-state index is 10.3. The summed E-state index contributed by atoms with van der Waals surface area (Å²) in [5.74, 6) is 1.05. The maximum Gasteiger partial charge on any atom is 0.172 e. The fourth-order valence-corrected chi connectivity index (χ4v) is 3.40. The molecule has 23 heavy (non-hydrogen) atoms. The van der Waals surface area contributed by atoms with Crippen LogP contribution in [0.3, 0.4) is 0 Å². The third kappa shape index (κ3) is 2.76. The molecule has 0 saturated carbocycles. The van der Waals surface area contributed by atoms with Gasteiger partial charge in [-0.3, -0.25) is 4.57 Å². The topological polar surface area (TPSA) is 140 Å². The number of anilines is 1. The van der Waals surface area contributed by atoms with E-state index in [0.717, 1.165) is 12.2 Å². The Morgan fingerprint density at radius 1 is 1.35 bits per heavy atom. The molecule has 4 atom stereocenters. The SMILES string of the molecule is CCCSc1nc2c(N)ncnc2n1[C@@H]1O[C@H](CO)C(O)C1O. The van der Waals surface area contributed by atoms with Crippen molar-refractivity contribution in [3.8, 4) is 0 Å². The average molecular weight is 341 g/mol. The number of imidazole rings is 1. The molecule has 2 aromatic heterocycles. The number of aliphatic hydroxyl groups excluding tert-OH is 3. The summed E-state index contributed by atoms with van der Waals surface area (Å²) >= 11 is 1.47. The number of aliphatic hydroxyl groups is 3. The van der Waals surface area contributed by atoms with Gasteiger partial charge in [-0.05, 0) is 6.42 Å². The second-order valence-electron chi connectivity index (χ2n) is 5.27. The van der Waals surface area contributed by atoms with Crippen molar-refractivity contribution in [1.29, 1.82) is 0 Å². The molecule has 126 valence electrons. The van der Waals surface area contributed by atoms with E-state index < -0.39 is 31.1 Å². The van der Waals surface area contributed by atoms with E-state index in [1.807, 2.05) is 6.92 Å². The molecule has 9 nitrogen and oxygen atoms in total. The van der Waals surface area contributed by atoms with Crippen molar-refractivity contribution < 1.29 is 20.1 Å². The molecular formula is C13H19N5O4S. The third-order valence-corrected chi connectivity index (χ3v) is 4.84. The largest absolute Gasteiger partial charge is 0.394 e. The lowest BCUT2D eigenvalue weighted by Crippen LogP contribution is -2.33. The number of rotatable bonds is 5. The predicted octanol–water partition coefficient (Wildman–Crippen LogP) is -0.478. The Balaban J connectivity index is 2.09. The van der Waals surface area contributed by atoms with Crippen molar-refractivity contribution in [3.63, 3.8) is 0 Å². The maximum atomic E-state index is 10.3. The Morgan fingerprint density at radius 3 is 2.78 bits per heavy atom. The molecule has 1 aliphatic rings. The van der Waals surface area contributed by atoms with Crippen molar-refractivity contribution in [2.45, 2.75) is 43.0 Å². The fourth-order valence-electron chi connectivity index (χ4n) is 2.52. The van der Waals surface area contributed by atoms with Crippen LogP contribution < -0.4 is 5.73 Å². The van der Waals surface area contributed by atoms with E-state index in [-0.39, 0.29) is 5.82 Å². The van der Waals surface area contributed by atoms with E-state index in [4.69, 9.17) is 10.5 Å². The van der Waals surface area contributed by atoms with E-state index in [9.17, 15) is 15.3 Å². The smallest absolute Gasteiger partial charge is 0.172 e. The van der Waals surface area contributed by atoms with Gasteiger partial charge in [0.1, 0.15) is 24.6 Å². The standard InChI is InChI=1S/C13H19N5O4S/c1-2-3-23-13-17-7-10(14)15-5-16-11(7)18(13)12-9(21)8(20)6(4-19)22-12/h5-6,8-9,12,19-21H,2-4H2,1H3,(H2,14,15,16)/t6-,8?,9?,12-/m1/s1. The summed E-state index contributed by atoms with van der Waals surface area (Å²) < 4.78 is 7.21. The lowest BCUT2D eigenvalue weighted by atomic mass is 10.1. The van der Waals surface area contributed by atoms with Crippen LogP contribution in [-0.4, -0.2) is 65.5 Å². The molecule has 0 radical (unpaired) electrons. The highest BCUT2D eigenvalue weighted by Gasteiger charge is 2.45. The van der Waals surface area contributed by atoms with Crippen molar-refractivity contribution in [3.05, 3.63) is 6.33 Å². The summed E-state index contributed by atoms with van der Waals surface area (Å²) in [7, 11) is 0. The highest BCUT2D eigenvalue weighted by Crippen LogP contribution is 2.36. The predicted molar refractivity (Wildman–Crippen MR) is 83.8 cm³/mol. The molecule has 5 N–H and O–H groups in total. The fraction of sp³-hybridized carbons (Fsp3) is 0.615. The average Bonchev–Trinajstić information content (AvgIpc) is 3.05. The van der Waals surface area contributed by atoms with Gasteiger partial charge >= 0.3 is 0 Å². The molecule has 0 spiro atoms. The number of ether oxygens (including phenoxy) is 1. The van der Waals surface area contributed by atoms with Gasteiger partial charge in [-0.2, -0.15) is 0 Å². The number of fused-ring (bicyclic) bond motifs is 1. The van der Waals surface area contributed by atoms with E-state index >= 15 is 0 Å². The lowest BCUT2D eigenvalue weighted by Gasteiger charge is -2.18. The van der Waals surface area contributed by atoms with Crippen LogP contribution in [0.2, 0.25) is 0 Å². The summed E-state index contributed by atoms with van der Waals surface area (Å²) in [6, 6.07) is 0. The zero-order chi connectivity index (χ0) is 16.6. The Bertz CT molecular complexity index is 696. The Morgan fingerprint density at radius 2 is 2.13 bits per heavy atom. The number of nitrogens with two attached hydrogens (primary N) is 1. The second kappa shape index (κ2) is 6.57. The Hall–Kier alpha value is -1.46. The first kappa shape index (κ1) is 16.4. The van der Waals surface area contributed by atoms with E-state index in [1.54, 1.807) is 4.57 Å². The second-order valence-corrected chi connectivity index (χ2v) is 6.33. The first-order valence-electron chi connectivity index (χ1n) is 7.32. The van der Waals surface area contributed by atoms with Crippen molar-refractivity contribution >= 4 is 28.7 Å². The molecule has 0 aliphatic carbocycles. The van der Waals surface area contributed by atoms with E-state index in [0.29, 0.717) is 16.3 Å². The van der Waals surface area contributed by atoms with Gasteiger partial charge in [0.25, 0.3) is 0 Å². The van der Waals surface area contributed by atoms with Crippen molar-refractivity contribution in [2.75, 3.05) is 18.1 Å². The first-order chi connectivity index (χ1) is 11.1. The molecule has 1 aliphatic heterocycles. The normalized spacial score (nSPS) is 27.8. The third-order valence-electron chi connectivity index (χ3n) is 3.68. The van der Waals surface area contributed by atoms with Crippen LogP contribution in [0.1, 0.15) is 19.6 Å². The number of nitrogens with zero attached hydrogens (tertiary/aromatic N) is 4. The van der Waals surface area contributed by atoms with E-state index in [2.05, 4.69) is 15.0 Å². The molecule has 1 fully saturated rings. The minimum absolute atomic E-state index is 0.235. The summed E-state index contributed by atoms with van der Waals surface area (Å²) in [5.41, 5.74) is 6.69. The highest BCUT2D eigenvalue weighted by atomic mass is 32.2. The first-order valence-corrected chi connectivity index (χ1v) is 8.30. The summed E-state index contributed by atoms with van der Waals surface area (Å²) in [6.07, 6.45) is -1.92. The molecule has 0 bridgehead atoms. The molecule has 2 aromatic rings. The molecule has 3 rings (SSSR count). The van der Waals surface area contributed by atoms with Crippen LogP contribution in [0.5, 0.6) is 0 Å². The van der Waals surface area contributed by atoms with E-state index in [1.165, 1.54) is 18.1 Å². The van der Waals surface area contributed by atoms with Gasteiger partial charge in [0, 0.05) is 5.75 Å². The molecule has 2 unspecified atom stereocenters. The minimum atomic E-state index is -1.21. The van der Waals surface area contributed by atoms with Crippen molar-refractivity contribution in [1.82, 2.24) is 19.5 Å². The van der Waals surface area contributed by atoms with Gasteiger partial charge in [-0.1, -0.05) is 18.7 Å². The molecule has 0 aromatic carbocycles. The number of thioether (sulfide) groups is 1. The Kier molecular flexibility index (Phi) is 4.69. The molecule has 1 saturated heterocycles. The Labute approximate surface area is 136 Å². The molecular weight excluding hydrogens is 322 g/mol. The van der Waals surface area contributed by atoms with Crippen LogP contribution in [0.15, 0.2) is 11.5 Å². The van der Waals surface area contributed by atoms with Gasteiger partial charge in [-0.15, -0.1) is 0 Å². The molecule has 0 amide bonds. The number of nitrogen functional groups attached to an aromatic ring is 1. The zero-order valence-electron chi connectivity index (χ0n) is 12.5. The monoisotopic (exact) mass is 341 g/mol. The van der Waals surface area contributed by atoms with Crippen LogP contribution in [0.25, 0.3) is 11.2 Å². The van der Waals surface area contributed by atoms with Gasteiger partial charge < -0.3 is 25.8 Å². The minimum Gasteiger partial charge on any atom is -0.394 e. The van der Waals surface area contributed by atoms with Gasteiger partial charge in [0.15, 0.2) is 28.4 Å². The van der Waals surface area contributed by atoms with Crippen LogP contribution in [0, 0.1) is 0 Å². The molecule has 10 heteroatoms. The van der Waals surface area contributed by atoms with Gasteiger partial charge in [0.2, 0.25) is 0 Å². The number of aromatic nitrogens is 4. The van der Waals surface area contributed by atoms with Crippen LogP contribution in [-0.2, 0) is 4.74 Å². The van der Waals surface area contributed by atoms with Crippen molar-refractivity contribution in [2.24, 2.45) is 0 Å².